The number of sulfonamides is 1. The fourth-order valence-electron chi connectivity index (χ4n) is 3.55. The van der Waals surface area contributed by atoms with Crippen LogP contribution in [0.15, 0.2) is 23.1 Å². The summed E-state index contributed by atoms with van der Waals surface area (Å²) in [7, 11) is -3.50. The van der Waals surface area contributed by atoms with E-state index in [1.807, 2.05) is 19.9 Å². The zero-order valence-corrected chi connectivity index (χ0v) is 17.6. The van der Waals surface area contributed by atoms with Crippen LogP contribution in [0.2, 0.25) is 0 Å². The molecule has 1 heterocycles. The van der Waals surface area contributed by atoms with Crippen molar-refractivity contribution in [1.82, 2.24) is 9.62 Å². The third kappa shape index (κ3) is 5.02. The van der Waals surface area contributed by atoms with Crippen molar-refractivity contribution >= 4 is 28.3 Å². The highest BCUT2D eigenvalue weighted by Crippen LogP contribution is 2.32. The first-order valence-corrected chi connectivity index (χ1v) is 10.8. The Bertz CT molecular complexity index is 772. The number of benzene rings is 1. The van der Waals surface area contributed by atoms with Gasteiger partial charge in [0.2, 0.25) is 15.9 Å². The molecule has 6 nitrogen and oxygen atoms in total. The fraction of sp³-hybridized carbons (Fsp3) is 0.632. The number of halogens is 1. The van der Waals surface area contributed by atoms with Gasteiger partial charge in [-0.15, -0.1) is 12.4 Å². The van der Waals surface area contributed by atoms with Crippen molar-refractivity contribution in [3.8, 4) is 0 Å². The topological polar surface area (TPSA) is 92.5 Å². The Hall–Kier alpha value is -1.15. The van der Waals surface area contributed by atoms with Gasteiger partial charge in [0.1, 0.15) is 0 Å². The van der Waals surface area contributed by atoms with Crippen LogP contribution in [0.3, 0.4) is 0 Å². The van der Waals surface area contributed by atoms with Crippen molar-refractivity contribution in [2.75, 3.05) is 19.6 Å². The van der Waals surface area contributed by atoms with Crippen molar-refractivity contribution < 1.29 is 13.2 Å². The molecule has 3 N–H and O–H groups in total. The van der Waals surface area contributed by atoms with E-state index in [1.54, 1.807) is 12.1 Å². The first kappa shape index (κ1) is 22.1. The van der Waals surface area contributed by atoms with Crippen LogP contribution in [0.25, 0.3) is 0 Å². The van der Waals surface area contributed by atoms with Crippen LogP contribution in [0.1, 0.15) is 36.8 Å². The zero-order valence-electron chi connectivity index (χ0n) is 16.0. The molecular formula is C19H30ClN3O3S. The number of rotatable bonds is 6. The molecule has 1 aromatic carbocycles. The second kappa shape index (κ2) is 8.90. The average molecular weight is 416 g/mol. The Morgan fingerprint density at radius 3 is 2.33 bits per heavy atom. The summed E-state index contributed by atoms with van der Waals surface area (Å²) in [4.78, 5) is 12.8. The lowest BCUT2D eigenvalue weighted by atomic mass is 9.96. The predicted octanol–water partition coefficient (Wildman–Crippen LogP) is 1.98. The summed E-state index contributed by atoms with van der Waals surface area (Å²) in [5.41, 5.74) is 7.80. The van der Waals surface area contributed by atoms with Gasteiger partial charge in [0.15, 0.2) is 0 Å². The van der Waals surface area contributed by atoms with Crippen molar-refractivity contribution in [2.45, 2.75) is 50.5 Å². The van der Waals surface area contributed by atoms with E-state index >= 15 is 0 Å². The van der Waals surface area contributed by atoms with Gasteiger partial charge in [-0.2, -0.15) is 4.31 Å². The normalized spacial score (nSPS) is 20.0. The molecule has 8 heteroatoms. The van der Waals surface area contributed by atoms with Gasteiger partial charge in [-0.25, -0.2) is 8.42 Å². The van der Waals surface area contributed by atoms with E-state index in [0.717, 1.165) is 24.0 Å². The van der Waals surface area contributed by atoms with Crippen LogP contribution >= 0.6 is 12.4 Å². The smallest absolute Gasteiger partial charge is 0.243 e. The van der Waals surface area contributed by atoms with Crippen LogP contribution in [-0.2, 0) is 14.8 Å². The van der Waals surface area contributed by atoms with Crippen LogP contribution in [0.4, 0.5) is 0 Å². The van der Waals surface area contributed by atoms with E-state index in [0.29, 0.717) is 43.3 Å². The predicted molar refractivity (Wildman–Crippen MR) is 108 cm³/mol. The van der Waals surface area contributed by atoms with Gasteiger partial charge in [0.25, 0.3) is 0 Å². The molecule has 1 saturated heterocycles. The van der Waals surface area contributed by atoms with Crippen molar-refractivity contribution in [3.63, 3.8) is 0 Å². The van der Waals surface area contributed by atoms with E-state index in [2.05, 4.69) is 5.32 Å². The summed E-state index contributed by atoms with van der Waals surface area (Å²) < 4.78 is 27.2. The molecule has 152 valence electrons. The van der Waals surface area contributed by atoms with Crippen LogP contribution < -0.4 is 11.1 Å². The lowest BCUT2D eigenvalue weighted by Crippen LogP contribution is -2.47. The molecule has 1 aliphatic heterocycles. The highest BCUT2D eigenvalue weighted by molar-refractivity contribution is 7.89. The number of carbonyl (C=O) groups excluding carboxylic acids is 1. The molecular weight excluding hydrogens is 386 g/mol. The monoisotopic (exact) mass is 415 g/mol. The lowest BCUT2D eigenvalue weighted by Gasteiger charge is -2.31. The number of nitrogens with two attached hydrogens (primary N) is 1. The molecule has 1 amide bonds. The molecule has 3 rings (SSSR count). The van der Waals surface area contributed by atoms with E-state index in [1.165, 1.54) is 4.31 Å². The summed E-state index contributed by atoms with van der Waals surface area (Å²) in [5, 5.41) is 3.07. The number of nitrogens with zero attached hydrogens (tertiary/aromatic N) is 1. The number of nitrogens with one attached hydrogen (secondary N) is 1. The zero-order chi connectivity index (χ0) is 18.9. The molecule has 2 aliphatic rings. The van der Waals surface area contributed by atoms with Gasteiger partial charge in [0, 0.05) is 31.6 Å². The first-order valence-electron chi connectivity index (χ1n) is 9.40. The first-order chi connectivity index (χ1) is 12.3. The van der Waals surface area contributed by atoms with Crippen LogP contribution in [0, 0.1) is 25.7 Å². The molecule has 0 spiro atoms. The Labute approximate surface area is 168 Å². The lowest BCUT2D eigenvalue weighted by molar-refractivity contribution is -0.126. The molecule has 1 aromatic rings. The number of hydrogen-bond donors (Lipinski definition) is 2. The molecule has 1 atom stereocenters. The number of aryl methyl sites for hydroxylation is 2. The minimum Gasteiger partial charge on any atom is -0.352 e. The Balaban J connectivity index is 0.00000261. The quantitative estimate of drug-likeness (QED) is 0.742. The fourth-order valence-corrected chi connectivity index (χ4v) is 5.11. The number of hydrogen-bond acceptors (Lipinski definition) is 4. The van der Waals surface area contributed by atoms with E-state index in [-0.39, 0.29) is 30.3 Å². The van der Waals surface area contributed by atoms with Gasteiger partial charge in [-0.3, -0.25) is 4.79 Å². The molecule has 27 heavy (non-hydrogen) atoms. The largest absolute Gasteiger partial charge is 0.352 e. The minimum atomic E-state index is -3.50. The van der Waals surface area contributed by atoms with Gasteiger partial charge in [-0.05, 0) is 68.7 Å². The number of carbonyl (C=O) groups is 1. The van der Waals surface area contributed by atoms with Crippen molar-refractivity contribution in [3.05, 3.63) is 29.3 Å². The van der Waals surface area contributed by atoms with E-state index < -0.39 is 10.0 Å². The second-order valence-electron chi connectivity index (χ2n) is 7.61. The van der Waals surface area contributed by atoms with Crippen LogP contribution in [0.5, 0.6) is 0 Å². The van der Waals surface area contributed by atoms with Crippen molar-refractivity contribution in [1.29, 1.82) is 0 Å². The van der Waals surface area contributed by atoms with Gasteiger partial charge < -0.3 is 11.1 Å². The Morgan fingerprint density at radius 2 is 1.81 bits per heavy atom. The van der Waals surface area contributed by atoms with Crippen LogP contribution in [-0.4, -0.2) is 44.3 Å². The SMILES string of the molecule is Cc1ccc(S(=O)(=O)N2CCC(C(=O)NC(CN)C3CC3)CC2)cc1C.Cl. The third-order valence-corrected chi connectivity index (χ3v) is 7.61. The maximum absolute atomic E-state index is 12.9. The number of piperidine rings is 1. The maximum Gasteiger partial charge on any atom is 0.243 e. The standard InChI is InChI=1S/C19H29N3O3S.ClH/c1-13-3-6-17(11-14(13)2)26(24,25)22-9-7-16(8-10-22)19(23)21-18(12-20)15-4-5-15;/h3,6,11,15-16,18H,4-5,7-10,12,20H2,1-2H3,(H,21,23);1H. The van der Waals surface area contributed by atoms with E-state index in [4.69, 9.17) is 5.73 Å². The summed E-state index contributed by atoms with van der Waals surface area (Å²) >= 11 is 0. The summed E-state index contributed by atoms with van der Waals surface area (Å²) in [6.07, 6.45) is 3.37. The maximum atomic E-state index is 12.9. The molecule has 2 fully saturated rings. The molecule has 0 radical (unpaired) electrons. The summed E-state index contributed by atoms with van der Waals surface area (Å²) in [5.74, 6) is 0.416. The van der Waals surface area contributed by atoms with E-state index in [9.17, 15) is 13.2 Å². The van der Waals surface area contributed by atoms with Gasteiger partial charge in [0.05, 0.1) is 4.90 Å². The molecule has 1 saturated carbocycles. The summed E-state index contributed by atoms with van der Waals surface area (Å²) in [6, 6.07) is 5.30. The highest BCUT2D eigenvalue weighted by Gasteiger charge is 2.35. The highest BCUT2D eigenvalue weighted by atomic mass is 35.5. The molecule has 1 unspecified atom stereocenters. The third-order valence-electron chi connectivity index (χ3n) is 5.71. The second-order valence-corrected chi connectivity index (χ2v) is 9.55. The average Bonchev–Trinajstić information content (AvgIpc) is 3.46. The molecule has 0 aromatic heterocycles. The van der Waals surface area contributed by atoms with Gasteiger partial charge >= 0.3 is 0 Å². The minimum absolute atomic E-state index is 0. The molecule has 1 aliphatic carbocycles. The molecule has 0 bridgehead atoms. The number of amides is 1. The Kier molecular flexibility index (Phi) is 7.30. The summed E-state index contributed by atoms with van der Waals surface area (Å²) in [6.45, 7) is 5.11. The van der Waals surface area contributed by atoms with Crippen molar-refractivity contribution in [2.24, 2.45) is 17.6 Å². The van der Waals surface area contributed by atoms with Gasteiger partial charge in [-0.1, -0.05) is 6.07 Å². The Morgan fingerprint density at radius 1 is 1.19 bits per heavy atom.